The van der Waals surface area contributed by atoms with E-state index in [4.69, 9.17) is 5.73 Å². The van der Waals surface area contributed by atoms with E-state index < -0.39 is 12.8 Å². The van der Waals surface area contributed by atoms with Gasteiger partial charge in [0.25, 0.3) is 5.56 Å². The first-order valence-corrected chi connectivity index (χ1v) is 4.84. The van der Waals surface area contributed by atoms with E-state index in [2.05, 4.69) is 14.7 Å². The minimum absolute atomic E-state index is 0.0964. The van der Waals surface area contributed by atoms with Crippen molar-refractivity contribution in [2.24, 2.45) is 5.73 Å². The van der Waals surface area contributed by atoms with Crippen molar-refractivity contribution in [3.63, 3.8) is 0 Å². The van der Waals surface area contributed by atoms with Gasteiger partial charge in [-0.3, -0.25) is 4.79 Å². The molecule has 0 saturated heterocycles. The zero-order valence-corrected chi connectivity index (χ0v) is 8.88. The number of hydrogen-bond donors (Lipinski definition) is 2. The smallest absolute Gasteiger partial charge is 0.372 e. The molecular weight excluding hydrogens is 239 g/mol. The third-order valence-electron chi connectivity index (χ3n) is 1.80. The first-order chi connectivity index (χ1) is 7.90. The Balaban J connectivity index is 2.47. The Kier molecular flexibility index (Phi) is 4.64. The molecular formula is C9H12F3N3O2. The topological polar surface area (TPSA) is 81.0 Å². The highest BCUT2D eigenvalue weighted by atomic mass is 19.4. The van der Waals surface area contributed by atoms with Crippen LogP contribution in [0.3, 0.4) is 0 Å². The Hall–Kier alpha value is -1.41. The van der Waals surface area contributed by atoms with Gasteiger partial charge in [-0.2, -0.15) is 13.2 Å². The lowest BCUT2D eigenvalue weighted by Gasteiger charge is -2.07. The van der Waals surface area contributed by atoms with Gasteiger partial charge >= 0.3 is 6.18 Å². The van der Waals surface area contributed by atoms with Crippen molar-refractivity contribution >= 4 is 0 Å². The molecule has 0 saturated carbocycles. The average Bonchev–Trinajstić information content (AvgIpc) is 2.22. The number of ether oxygens (including phenoxy) is 1. The number of hydrogen-bond acceptors (Lipinski definition) is 4. The van der Waals surface area contributed by atoms with Crippen LogP contribution < -0.4 is 11.3 Å². The normalized spacial score (nSPS) is 11.8. The molecule has 0 atom stereocenters. The Bertz CT molecular complexity index is 417. The van der Waals surface area contributed by atoms with Crippen LogP contribution in [0.1, 0.15) is 11.5 Å². The summed E-state index contributed by atoms with van der Waals surface area (Å²) in [5, 5.41) is 0. The highest BCUT2D eigenvalue weighted by molar-refractivity contribution is 5.02. The van der Waals surface area contributed by atoms with Crippen molar-refractivity contribution in [2.45, 2.75) is 19.1 Å². The zero-order chi connectivity index (χ0) is 12.9. The Morgan fingerprint density at radius 3 is 2.76 bits per heavy atom. The van der Waals surface area contributed by atoms with Crippen LogP contribution in [0, 0.1) is 0 Å². The van der Waals surface area contributed by atoms with Crippen LogP contribution in [0.5, 0.6) is 0 Å². The number of halogens is 3. The molecule has 0 fully saturated rings. The fraction of sp³-hybridized carbons (Fsp3) is 0.556. The van der Waals surface area contributed by atoms with E-state index in [-0.39, 0.29) is 31.0 Å². The van der Waals surface area contributed by atoms with Crippen molar-refractivity contribution in [1.29, 1.82) is 0 Å². The highest BCUT2D eigenvalue weighted by Crippen LogP contribution is 2.14. The molecule has 1 aromatic rings. The van der Waals surface area contributed by atoms with Crippen molar-refractivity contribution < 1.29 is 17.9 Å². The number of nitrogens with zero attached hydrogens (tertiary/aromatic N) is 1. The van der Waals surface area contributed by atoms with Gasteiger partial charge in [0.1, 0.15) is 12.4 Å². The zero-order valence-electron chi connectivity index (χ0n) is 8.88. The van der Waals surface area contributed by atoms with E-state index in [0.717, 1.165) is 0 Å². The number of aromatic nitrogens is 2. The first-order valence-electron chi connectivity index (χ1n) is 4.84. The predicted octanol–water partition coefficient (Wildman–Crippen LogP) is 0.350. The maximum absolute atomic E-state index is 11.7. The van der Waals surface area contributed by atoms with Crippen LogP contribution >= 0.6 is 0 Å². The lowest BCUT2D eigenvalue weighted by molar-refractivity contribution is -0.173. The molecule has 1 aromatic heterocycles. The summed E-state index contributed by atoms with van der Waals surface area (Å²) in [6.07, 6.45) is -4.25. The van der Waals surface area contributed by atoms with Gasteiger partial charge in [0.2, 0.25) is 0 Å². The molecule has 0 aliphatic heterocycles. The summed E-state index contributed by atoms with van der Waals surface area (Å²) in [7, 11) is 0. The van der Waals surface area contributed by atoms with Crippen molar-refractivity contribution in [3.05, 3.63) is 27.9 Å². The summed E-state index contributed by atoms with van der Waals surface area (Å²) < 4.78 is 39.6. The lowest BCUT2D eigenvalue weighted by atomic mass is 10.3. The molecule has 0 aromatic carbocycles. The molecule has 0 aliphatic rings. The molecule has 5 nitrogen and oxygen atoms in total. The van der Waals surface area contributed by atoms with Crippen LogP contribution in [0.4, 0.5) is 13.2 Å². The van der Waals surface area contributed by atoms with E-state index in [0.29, 0.717) is 5.69 Å². The number of rotatable bonds is 5. The average molecular weight is 251 g/mol. The van der Waals surface area contributed by atoms with Gasteiger partial charge in [0.05, 0.1) is 12.3 Å². The summed E-state index contributed by atoms with van der Waals surface area (Å²) in [5.74, 6) is 0.264. The maximum Gasteiger partial charge on any atom is 0.411 e. The molecule has 0 amide bonds. The quantitative estimate of drug-likeness (QED) is 0.740. The monoisotopic (exact) mass is 251 g/mol. The fourth-order valence-corrected chi connectivity index (χ4v) is 1.14. The first kappa shape index (κ1) is 13.7. The van der Waals surface area contributed by atoms with Gasteiger partial charge in [0.15, 0.2) is 0 Å². The standard InChI is InChI=1S/C9H12F3N3O2/c10-9(11,12)5-17-2-1-7-14-6(4-13)3-8(16)15-7/h3H,1-2,4-5,13H2,(H,14,15,16). The van der Waals surface area contributed by atoms with Crippen LogP contribution in [-0.4, -0.2) is 29.4 Å². The van der Waals surface area contributed by atoms with Crippen molar-refractivity contribution in [2.75, 3.05) is 13.2 Å². The number of aromatic amines is 1. The van der Waals surface area contributed by atoms with Gasteiger partial charge < -0.3 is 15.5 Å². The fourth-order valence-electron chi connectivity index (χ4n) is 1.14. The van der Waals surface area contributed by atoms with E-state index in [1.54, 1.807) is 0 Å². The van der Waals surface area contributed by atoms with Crippen molar-refractivity contribution in [3.8, 4) is 0 Å². The lowest BCUT2D eigenvalue weighted by Crippen LogP contribution is -2.20. The van der Waals surface area contributed by atoms with E-state index in [1.807, 2.05) is 0 Å². The molecule has 17 heavy (non-hydrogen) atoms. The second-order valence-electron chi connectivity index (χ2n) is 3.31. The van der Waals surface area contributed by atoms with Crippen LogP contribution in [0.2, 0.25) is 0 Å². The molecule has 0 spiro atoms. The minimum Gasteiger partial charge on any atom is -0.372 e. The van der Waals surface area contributed by atoms with E-state index >= 15 is 0 Å². The molecule has 0 unspecified atom stereocenters. The Morgan fingerprint density at radius 1 is 1.47 bits per heavy atom. The van der Waals surface area contributed by atoms with Crippen LogP contribution in [0.25, 0.3) is 0 Å². The van der Waals surface area contributed by atoms with Gasteiger partial charge in [-0.05, 0) is 0 Å². The Morgan fingerprint density at radius 2 is 2.18 bits per heavy atom. The second kappa shape index (κ2) is 5.78. The summed E-state index contributed by atoms with van der Waals surface area (Å²) in [6.45, 7) is -1.38. The molecule has 0 radical (unpaired) electrons. The molecule has 8 heteroatoms. The Labute approximate surface area is 94.8 Å². The van der Waals surface area contributed by atoms with E-state index in [1.165, 1.54) is 6.07 Å². The number of alkyl halides is 3. The minimum atomic E-state index is -4.35. The third-order valence-corrected chi connectivity index (χ3v) is 1.80. The van der Waals surface area contributed by atoms with Gasteiger partial charge in [-0.1, -0.05) is 0 Å². The molecule has 1 rings (SSSR count). The van der Waals surface area contributed by atoms with Gasteiger partial charge in [-0.25, -0.2) is 4.98 Å². The van der Waals surface area contributed by atoms with Gasteiger partial charge in [0, 0.05) is 19.0 Å². The summed E-state index contributed by atoms with van der Waals surface area (Å²) in [5.41, 5.74) is 5.31. The van der Waals surface area contributed by atoms with Crippen molar-refractivity contribution in [1.82, 2.24) is 9.97 Å². The van der Waals surface area contributed by atoms with E-state index in [9.17, 15) is 18.0 Å². The summed E-state index contributed by atoms with van der Waals surface area (Å²) >= 11 is 0. The molecule has 1 heterocycles. The predicted molar refractivity (Wildman–Crippen MR) is 53.3 cm³/mol. The van der Waals surface area contributed by atoms with Crippen LogP contribution in [-0.2, 0) is 17.7 Å². The summed E-state index contributed by atoms with van der Waals surface area (Å²) in [4.78, 5) is 17.4. The SMILES string of the molecule is NCc1cc(=O)[nH]c(CCOCC(F)(F)F)n1. The molecule has 0 bridgehead atoms. The number of H-pyrrole nitrogens is 1. The molecule has 96 valence electrons. The third kappa shape index (κ3) is 5.45. The maximum atomic E-state index is 11.7. The van der Waals surface area contributed by atoms with Crippen LogP contribution in [0.15, 0.2) is 10.9 Å². The number of nitrogens with one attached hydrogen (secondary N) is 1. The largest absolute Gasteiger partial charge is 0.411 e. The second-order valence-corrected chi connectivity index (χ2v) is 3.31. The molecule has 0 aliphatic carbocycles. The molecule has 3 N–H and O–H groups in total. The highest BCUT2D eigenvalue weighted by Gasteiger charge is 2.27. The summed E-state index contributed by atoms with van der Waals surface area (Å²) in [6, 6.07) is 1.24. The number of nitrogens with two attached hydrogens (primary N) is 1. The van der Waals surface area contributed by atoms with Gasteiger partial charge in [-0.15, -0.1) is 0 Å².